The van der Waals surface area contributed by atoms with Crippen molar-refractivity contribution in [1.29, 1.82) is 0 Å². The molecule has 112 valence electrons. The van der Waals surface area contributed by atoms with Crippen LogP contribution in [0.3, 0.4) is 0 Å². The molecule has 0 aromatic heterocycles. The highest BCUT2D eigenvalue weighted by Crippen LogP contribution is 2.33. The highest BCUT2D eigenvalue weighted by atomic mass is 19.4. The van der Waals surface area contributed by atoms with Gasteiger partial charge in [0.25, 0.3) is 0 Å². The van der Waals surface area contributed by atoms with Crippen molar-refractivity contribution in [3.05, 3.63) is 35.4 Å². The number of hydrogen-bond donors (Lipinski definition) is 0. The summed E-state index contributed by atoms with van der Waals surface area (Å²) in [6.07, 6.45) is -2.20. The third-order valence-corrected chi connectivity index (χ3v) is 3.81. The normalized spacial score (nSPS) is 21.4. The smallest absolute Gasteiger partial charge is 0.302 e. The van der Waals surface area contributed by atoms with Crippen LogP contribution in [0.4, 0.5) is 13.2 Å². The quantitative estimate of drug-likeness (QED) is 0.788. The van der Waals surface area contributed by atoms with E-state index in [9.17, 15) is 13.2 Å². The molecule has 4 heteroatoms. The second kappa shape index (κ2) is 6.17. The molecule has 1 aromatic rings. The minimum atomic E-state index is -4.25. The Balaban J connectivity index is 2.11. The standard InChI is InChI=1S/C16H22F3N/c1-12(2)10-20-8-4-6-14(11-20)13-5-3-7-15(9-13)16(17,18)19/h3,5,7,9,12,14H,4,6,8,10-11H2,1-2H3. The van der Waals surface area contributed by atoms with E-state index in [1.165, 1.54) is 12.1 Å². The highest BCUT2D eigenvalue weighted by molar-refractivity contribution is 5.28. The van der Waals surface area contributed by atoms with Crippen LogP contribution in [0.2, 0.25) is 0 Å². The molecule has 0 amide bonds. The summed E-state index contributed by atoms with van der Waals surface area (Å²) in [5.41, 5.74) is 0.296. The number of hydrogen-bond acceptors (Lipinski definition) is 1. The minimum Gasteiger partial charge on any atom is -0.302 e. The minimum absolute atomic E-state index is 0.227. The van der Waals surface area contributed by atoms with Crippen LogP contribution in [0, 0.1) is 5.92 Å². The van der Waals surface area contributed by atoms with Gasteiger partial charge in [-0.15, -0.1) is 0 Å². The first-order valence-corrected chi connectivity index (χ1v) is 7.26. The van der Waals surface area contributed by atoms with Crippen LogP contribution in [0.25, 0.3) is 0 Å². The van der Waals surface area contributed by atoms with Gasteiger partial charge in [-0.05, 0) is 42.9 Å². The van der Waals surface area contributed by atoms with Gasteiger partial charge in [0.2, 0.25) is 0 Å². The van der Waals surface area contributed by atoms with Gasteiger partial charge in [-0.3, -0.25) is 0 Å². The van der Waals surface area contributed by atoms with Crippen molar-refractivity contribution in [2.45, 2.75) is 38.8 Å². The van der Waals surface area contributed by atoms with E-state index in [1.54, 1.807) is 0 Å². The van der Waals surface area contributed by atoms with Gasteiger partial charge in [0.05, 0.1) is 5.56 Å². The third kappa shape index (κ3) is 3.98. The van der Waals surface area contributed by atoms with Gasteiger partial charge >= 0.3 is 6.18 Å². The summed E-state index contributed by atoms with van der Waals surface area (Å²) in [7, 11) is 0. The van der Waals surface area contributed by atoms with E-state index in [-0.39, 0.29) is 5.92 Å². The lowest BCUT2D eigenvalue weighted by atomic mass is 9.89. The molecule has 0 aliphatic carbocycles. The zero-order valence-electron chi connectivity index (χ0n) is 12.1. The van der Waals surface area contributed by atoms with Crippen molar-refractivity contribution in [1.82, 2.24) is 4.90 Å². The molecule has 1 aliphatic rings. The molecule has 1 fully saturated rings. The Morgan fingerprint density at radius 2 is 2.05 bits per heavy atom. The topological polar surface area (TPSA) is 3.24 Å². The molecule has 1 aromatic carbocycles. The summed E-state index contributed by atoms with van der Waals surface area (Å²) in [6, 6.07) is 5.83. The van der Waals surface area contributed by atoms with Gasteiger partial charge in [0.1, 0.15) is 0 Å². The number of nitrogens with zero attached hydrogens (tertiary/aromatic N) is 1. The summed E-state index contributed by atoms with van der Waals surface area (Å²) in [6.45, 7) is 7.31. The van der Waals surface area contributed by atoms with E-state index in [0.717, 1.165) is 44.1 Å². The molecule has 1 nitrogen and oxygen atoms in total. The van der Waals surface area contributed by atoms with Gasteiger partial charge in [-0.1, -0.05) is 32.0 Å². The van der Waals surface area contributed by atoms with Crippen molar-refractivity contribution in [2.24, 2.45) is 5.92 Å². The Morgan fingerprint density at radius 3 is 2.70 bits per heavy atom. The molecule has 1 atom stereocenters. The molecular weight excluding hydrogens is 263 g/mol. The Bertz CT molecular complexity index is 440. The van der Waals surface area contributed by atoms with Gasteiger partial charge < -0.3 is 4.90 Å². The number of alkyl halides is 3. The Kier molecular flexibility index (Phi) is 4.74. The molecule has 0 N–H and O–H groups in total. The van der Waals surface area contributed by atoms with E-state index in [2.05, 4.69) is 18.7 Å². The van der Waals surface area contributed by atoms with E-state index in [1.807, 2.05) is 6.07 Å². The molecule has 20 heavy (non-hydrogen) atoms. The van der Waals surface area contributed by atoms with Crippen LogP contribution in [0.1, 0.15) is 43.7 Å². The number of likely N-dealkylation sites (tertiary alicyclic amines) is 1. The largest absolute Gasteiger partial charge is 0.416 e. The van der Waals surface area contributed by atoms with Crippen LogP contribution in [0.5, 0.6) is 0 Å². The number of benzene rings is 1. The first-order chi connectivity index (χ1) is 9.36. The maximum atomic E-state index is 12.8. The number of halogens is 3. The summed E-state index contributed by atoms with van der Waals surface area (Å²) < 4.78 is 38.3. The summed E-state index contributed by atoms with van der Waals surface area (Å²) >= 11 is 0. The summed E-state index contributed by atoms with van der Waals surface area (Å²) in [5, 5.41) is 0. The van der Waals surface area contributed by atoms with E-state index < -0.39 is 11.7 Å². The molecule has 0 radical (unpaired) electrons. The van der Waals surface area contributed by atoms with E-state index in [0.29, 0.717) is 5.92 Å². The molecule has 2 rings (SSSR count). The fourth-order valence-electron chi connectivity index (χ4n) is 2.98. The average molecular weight is 285 g/mol. The predicted octanol–water partition coefficient (Wildman–Crippen LogP) is 4.54. The lowest BCUT2D eigenvalue weighted by molar-refractivity contribution is -0.137. The molecule has 0 bridgehead atoms. The second-order valence-corrected chi connectivity index (χ2v) is 6.12. The van der Waals surface area contributed by atoms with Crippen molar-refractivity contribution in [2.75, 3.05) is 19.6 Å². The first-order valence-electron chi connectivity index (χ1n) is 7.26. The second-order valence-electron chi connectivity index (χ2n) is 6.12. The van der Waals surface area contributed by atoms with Crippen molar-refractivity contribution in [3.63, 3.8) is 0 Å². The third-order valence-electron chi connectivity index (χ3n) is 3.81. The van der Waals surface area contributed by atoms with Crippen LogP contribution in [-0.4, -0.2) is 24.5 Å². The summed E-state index contributed by atoms with van der Waals surface area (Å²) in [5.74, 6) is 0.819. The van der Waals surface area contributed by atoms with Crippen LogP contribution < -0.4 is 0 Å². The number of rotatable bonds is 3. The van der Waals surface area contributed by atoms with Gasteiger partial charge in [-0.2, -0.15) is 13.2 Å². The van der Waals surface area contributed by atoms with Crippen LogP contribution in [0.15, 0.2) is 24.3 Å². The predicted molar refractivity (Wildman–Crippen MR) is 74.7 cm³/mol. The maximum Gasteiger partial charge on any atom is 0.416 e. The molecule has 1 heterocycles. The average Bonchev–Trinajstić information content (AvgIpc) is 2.37. The monoisotopic (exact) mass is 285 g/mol. The SMILES string of the molecule is CC(C)CN1CCCC(c2cccc(C(F)(F)F)c2)C1. The molecule has 0 saturated carbocycles. The van der Waals surface area contributed by atoms with Crippen LogP contribution in [-0.2, 0) is 6.18 Å². The summed E-state index contributed by atoms with van der Waals surface area (Å²) in [4.78, 5) is 2.37. The Hall–Kier alpha value is -1.03. The molecule has 1 aliphatic heterocycles. The first kappa shape index (κ1) is 15.4. The van der Waals surface area contributed by atoms with E-state index >= 15 is 0 Å². The molecule has 0 spiro atoms. The van der Waals surface area contributed by atoms with E-state index in [4.69, 9.17) is 0 Å². The zero-order valence-corrected chi connectivity index (χ0v) is 12.1. The molecular formula is C16H22F3N. The van der Waals surface area contributed by atoms with Crippen molar-refractivity contribution < 1.29 is 13.2 Å². The maximum absolute atomic E-state index is 12.8. The zero-order chi connectivity index (χ0) is 14.8. The van der Waals surface area contributed by atoms with Crippen LogP contribution >= 0.6 is 0 Å². The van der Waals surface area contributed by atoms with Gasteiger partial charge in [0, 0.05) is 13.1 Å². The molecule has 1 unspecified atom stereocenters. The lowest BCUT2D eigenvalue weighted by Crippen LogP contribution is -2.36. The molecule has 1 saturated heterocycles. The number of piperidine rings is 1. The lowest BCUT2D eigenvalue weighted by Gasteiger charge is -2.34. The Labute approximate surface area is 118 Å². The van der Waals surface area contributed by atoms with Gasteiger partial charge in [-0.25, -0.2) is 0 Å². The fourth-order valence-corrected chi connectivity index (χ4v) is 2.98. The van der Waals surface area contributed by atoms with Gasteiger partial charge in [0.15, 0.2) is 0 Å². The fraction of sp³-hybridized carbons (Fsp3) is 0.625. The van der Waals surface area contributed by atoms with Crippen molar-refractivity contribution in [3.8, 4) is 0 Å². The highest BCUT2D eigenvalue weighted by Gasteiger charge is 2.31. The van der Waals surface area contributed by atoms with Crippen molar-refractivity contribution >= 4 is 0 Å². The Morgan fingerprint density at radius 1 is 1.30 bits per heavy atom.